The van der Waals surface area contributed by atoms with E-state index >= 15 is 0 Å². The van der Waals surface area contributed by atoms with Crippen molar-refractivity contribution in [3.63, 3.8) is 0 Å². The fourth-order valence-corrected chi connectivity index (χ4v) is 4.80. The molecule has 0 saturated carbocycles. The Bertz CT molecular complexity index is 1280. The van der Waals surface area contributed by atoms with E-state index in [9.17, 15) is 9.59 Å². The number of amides is 2. The summed E-state index contributed by atoms with van der Waals surface area (Å²) in [5.41, 5.74) is 3.86. The molecular formula is C29H30N2O3S. The van der Waals surface area contributed by atoms with Crippen LogP contribution in [0.2, 0.25) is 0 Å². The van der Waals surface area contributed by atoms with Gasteiger partial charge in [0, 0.05) is 17.1 Å². The van der Waals surface area contributed by atoms with Crippen LogP contribution < -0.4 is 10.2 Å². The predicted molar refractivity (Wildman–Crippen MR) is 141 cm³/mol. The molecule has 180 valence electrons. The van der Waals surface area contributed by atoms with Gasteiger partial charge in [-0.2, -0.15) is 0 Å². The fourth-order valence-electron chi connectivity index (χ4n) is 4.11. The summed E-state index contributed by atoms with van der Waals surface area (Å²) in [7, 11) is 0. The van der Waals surface area contributed by atoms with Gasteiger partial charge in [0.1, 0.15) is 11.5 Å². The Kier molecular flexibility index (Phi) is 7.83. The van der Waals surface area contributed by atoms with Gasteiger partial charge in [-0.3, -0.25) is 14.5 Å². The van der Waals surface area contributed by atoms with Gasteiger partial charge in [-0.05, 0) is 73.5 Å². The van der Waals surface area contributed by atoms with Crippen molar-refractivity contribution in [2.45, 2.75) is 39.7 Å². The number of furan rings is 1. The van der Waals surface area contributed by atoms with Crippen LogP contribution in [0.3, 0.4) is 0 Å². The van der Waals surface area contributed by atoms with E-state index in [1.165, 1.54) is 11.3 Å². The van der Waals surface area contributed by atoms with E-state index in [0.717, 1.165) is 21.6 Å². The van der Waals surface area contributed by atoms with Crippen LogP contribution in [0.1, 0.15) is 39.1 Å². The van der Waals surface area contributed by atoms with Crippen molar-refractivity contribution in [3.8, 4) is 0 Å². The van der Waals surface area contributed by atoms with Gasteiger partial charge in [0.25, 0.3) is 5.91 Å². The summed E-state index contributed by atoms with van der Waals surface area (Å²) in [5, 5.41) is 5.00. The molecule has 0 aliphatic rings. The van der Waals surface area contributed by atoms with Gasteiger partial charge in [-0.25, -0.2) is 0 Å². The minimum absolute atomic E-state index is 0.154. The summed E-state index contributed by atoms with van der Waals surface area (Å²) in [6.45, 7) is 6.28. The predicted octanol–water partition coefficient (Wildman–Crippen LogP) is 5.94. The Labute approximate surface area is 210 Å². The fraction of sp³-hybridized carbons (Fsp3) is 0.241. The Morgan fingerprint density at radius 1 is 0.943 bits per heavy atom. The highest BCUT2D eigenvalue weighted by Gasteiger charge is 2.36. The largest absolute Gasteiger partial charge is 0.464 e. The Morgan fingerprint density at radius 3 is 2.43 bits per heavy atom. The molecule has 2 amide bonds. The zero-order valence-electron chi connectivity index (χ0n) is 20.3. The van der Waals surface area contributed by atoms with Crippen LogP contribution in [0.5, 0.6) is 0 Å². The number of rotatable bonds is 9. The number of carbonyl (C=O) groups is 2. The zero-order chi connectivity index (χ0) is 24.8. The van der Waals surface area contributed by atoms with Gasteiger partial charge < -0.3 is 9.73 Å². The molecule has 0 fully saturated rings. The van der Waals surface area contributed by atoms with E-state index < -0.39 is 6.04 Å². The maximum absolute atomic E-state index is 13.8. The van der Waals surface area contributed by atoms with Crippen molar-refractivity contribution >= 4 is 28.8 Å². The minimum atomic E-state index is -0.924. The zero-order valence-corrected chi connectivity index (χ0v) is 21.1. The smallest absolute Gasteiger partial charge is 0.251 e. The van der Waals surface area contributed by atoms with Crippen LogP contribution in [0, 0.1) is 20.8 Å². The van der Waals surface area contributed by atoms with E-state index in [1.54, 1.807) is 11.0 Å². The molecule has 0 unspecified atom stereocenters. The van der Waals surface area contributed by atoms with Gasteiger partial charge in [-0.15, -0.1) is 11.3 Å². The summed E-state index contributed by atoms with van der Waals surface area (Å²) < 4.78 is 5.94. The first-order chi connectivity index (χ1) is 16.9. The first-order valence-electron chi connectivity index (χ1n) is 11.7. The van der Waals surface area contributed by atoms with Crippen LogP contribution in [0.15, 0.2) is 82.6 Å². The third-order valence-corrected chi connectivity index (χ3v) is 6.98. The highest BCUT2D eigenvalue weighted by atomic mass is 32.1. The van der Waals surface area contributed by atoms with E-state index in [-0.39, 0.29) is 18.2 Å². The Balaban J connectivity index is 1.69. The molecule has 0 aliphatic carbocycles. The van der Waals surface area contributed by atoms with Crippen LogP contribution in [0.4, 0.5) is 5.69 Å². The number of thiophene rings is 1. The van der Waals surface area contributed by atoms with Crippen molar-refractivity contribution in [1.82, 2.24) is 5.32 Å². The topological polar surface area (TPSA) is 62.6 Å². The average Bonchev–Trinajstić information content (AvgIpc) is 3.51. The third kappa shape index (κ3) is 5.89. The maximum atomic E-state index is 13.8. The number of benzene rings is 2. The number of hydrogen-bond donors (Lipinski definition) is 1. The standard InChI is InChI=1S/C29H30N2O3S/c1-20-9-7-13-25(22(20)3)31(27(32)19-24-12-8-18-35-24)28(26-15-14-21(2)34-26)29(33)30-17-16-23-10-5-4-6-11-23/h4-15,18,28H,16-17,19H2,1-3H3,(H,30,33)/t28-/m0/s1. The molecule has 1 N–H and O–H groups in total. The number of anilines is 1. The summed E-state index contributed by atoms with van der Waals surface area (Å²) in [5.74, 6) is 0.711. The first-order valence-corrected chi connectivity index (χ1v) is 12.6. The van der Waals surface area contributed by atoms with Gasteiger partial charge in [0.05, 0.1) is 6.42 Å². The monoisotopic (exact) mass is 486 g/mol. The number of hydrogen-bond acceptors (Lipinski definition) is 4. The number of nitrogens with zero attached hydrogens (tertiary/aromatic N) is 1. The summed E-state index contributed by atoms with van der Waals surface area (Å²) in [6, 6.07) is 22.4. The van der Waals surface area contributed by atoms with Gasteiger partial charge in [-0.1, -0.05) is 48.5 Å². The molecule has 0 spiro atoms. The molecule has 2 aromatic heterocycles. The molecule has 1 atom stereocenters. The number of aryl methyl sites for hydroxylation is 2. The summed E-state index contributed by atoms with van der Waals surface area (Å²) in [4.78, 5) is 30.1. The van der Waals surface area contributed by atoms with E-state index in [0.29, 0.717) is 30.2 Å². The van der Waals surface area contributed by atoms with Crippen molar-refractivity contribution < 1.29 is 14.0 Å². The molecule has 0 aliphatic heterocycles. The highest BCUT2D eigenvalue weighted by molar-refractivity contribution is 7.10. The second kappa shape index (κ2) is 11.2. The van der Waals surface area contributed by atoms with Crippen LogP contribution in [-0.2, 0) is 22.4 Å². The lowest BCUT2D eigenvalue weighted by atomic mass is 10.0. The lowest BCUT2D eigenvalue weighted by molar-refractivity contribution is -0.126. The number of carbonyl (C=O) groups excluding carboxylic acids is 2. The maximum Gasteiger partial charge on any atom is 0.251 e. The quantitative estimate of drug-likeness (QED) is 0.318. The molecule has 0 bridgehead atoms. The second-order valence-electron chi connectivity index (χ2n) is 8.62. The highest BCUT2D eigenvalue weighted by Crippen LogP contribution is 2.33. The van der Waals surface area contributed by atoms with Crippen molar-refractivity contribution in [1.29, 1.82) is 0 Å². The lowest BCUT2D eigenvalue weighted by Crippen LogP contribution is -2.45. The van der Waals surface area contributed by atoms with Crippen molar-refractivity contribution in [2.24, 2.45) is 0 Å². The molecule has 6 heteroatoms. The summed E-state index contributed by atoms with van der Waals surface area (Å²) >= 11 is 1.53. The van der Waals surface area contributed by atoms with Crippen LogP contribution >= 0.6 is 11.3 Å². The lowest BCUT2D eigenvalue weighted by Gasteiger charge is -2.31. The molecule has 0 saturated heterocycles. The third-order valence-electron chi connectivity index (χ3n) is 6.10. The SMILES string of the molecule is Cc1ccc([C@@H](C(=O)NCCc2ccccc2)N(C(=O)Cc2cccs2)c2cccc(C)c2C)o1. The Hall–Kier alpha value is -3.64. The van der Waals surface area contributed by atoms with E-state index in [4.69, 9.17) is 4.42 Å². The van der Waals surface area contributed by atoms with E-state index in [1.807, 2.05) is 92.9 Å². The normalized spacial score (nSPS) is 11.7. The first kappa shape index (κ1) is 24.5. The molecule has 5 nitrogen and oxygen atoms in total. The van der Waals surface area contributed by atoms with Crippen molar-refractivity contribution in [3.05, 3.63) is 111 Å². The van der Waals surface area contributed by atoms with Crippen molar-refractivity contribution in [2.75, 3.05) is 11.4 Å². The Morgan fingerprint density at radius 2 is 1.74 bits per heavy atom. The summed E-state index contributed by atoms with van der Waals surface area (Å²) in [6.07, 6.45) is 0.904. The van der Waals surface area contributed by atoms with Gasteiger partial charge >= 0.3 is 0 Å². The van der Waals surface area contributed by atoms with Gasteiger partial charge in [0.15, 0.2) is 6.04 Å². The molecule has 2 heterocycles. The second-order valence-corrected chi connectivity index (χ2v) is 9.65. The van der Waals surface area contributed by atoms with Crippen LogP contribution in [-0.4, -0.2) is 18.4 Å². The minimum Gasteiger partial charge on any atom is -0.464 e. The van der Waals surface area contributed by atoms with E-state index in [2.05, 4.69) is 5.32 Å². The average molecular weight is 487 g/mol. The van der Waals surface area contributed by atoms with Gasteiger partial charge in [0.2, 0.25) is 5.91 Å². The molecule has 0 radical (unpaired) electrons. The number of nitrogens with one attached hydrogen (secondary N) is 1. The molecule has 4 rings (SSSR count). The molecule has 4 aromatic rings. The molecule has 35 heavy (non-hydrogen) atoms. The van der Waals surface area contributed by atoms with Crippen LogP contribution in [0.25, 0.3) is 0 Å². The molecular weight excluding hydrogens is 456 g/mol. The molecule has 2 aromatic carbocycles.